The lowest BCUT2D eigenvalue weighted by atomic mass is 10.0. The second kappa shape index (κ2) is 5.97. The van der Waals surface area contributed by atoms with Crippen LogP contribution >= 0.6 is 0 Å². The molecule has 0 saturated heterocycles. The van der Waals surface area contributed by atoms with Crippen LogP contribution in [0.3, 0.4) is 0 Å². The van der Waals surface area contributed by atoms with Gasteiger partial charge in [0.25, 0.3) is 0 Å². The smallest absolute Gasteiger partial charge is 0.316 e. The van der Waals surface area contributed by atoms with Gasteiger partial charge in [0.2, 0.25) is 5.82 Å². The van der Waals surface area contributed by atoms with Crippen molar-refractivity contribution in [1.29, 1.82) is 0 Å². The van der Waals surface area contributed by atoms with E-state index in [1.807, 2.05) is 56.3 Å². The Morgan fingerprint density at radius 2 is 1.82 bits per heavy atom. The van der Waals surface area contributed by atoms with Crippen LogP contribution in [0.1, 0.15) is 24.5 Å². The molecule has 0 N–H and O–H groups in total. The number of rotatable bonds is 4. The number of carbonyl (C=O) groups is 1. The Morgan fingerprint density at radius 1 is 1.09 bits per heavy atom. The van der Waals surface area contributed by atoms with Gasteiger partial charge >= 0.3 is 11.8 Å². The van der Waals surface area contributed by atoms with E-state index in [4.69, 9.17) is 4.52 Å². The van der Waals surface area contributed by atoms with Crippen molar-refractivity contribution in [3.8, 4) is 11.4 Å². The topological polar surface area (TPSA) is 59.2 Å². The minimum Gasteiger partial charge on any atom is -0.335 e. The summed E-state index contributed by atoms with van der Waals surface area (Å²) in [5.41, 5.74) is 0.862. The number of amides is 1. The van der Waals surface area contributed by atoms with Gasteiger partial charge in [-0.25, -0.2) is 0 Å². The molecule has 2 aromatic carbocycles. The van der Waals surface area contributed by atoms with Crippen molar-refractivity contribution in [3.05, 3.63) is 48.4 Å². The van der Waals surface area contributed by atoms with Crippen LogP contribution in [0.15, 0.2) is 47.0 Å². The quantitative estimate of drug-likeness (QED) is 0.740. The van der Waals surface area contributed by atoms with Crippen molar-refractivity contribution in [2.24, 2.45) is 0 Å². The molecule has 112 valence electrons. The van der Waals surface area contributed by atoms with Gasteiger partial charge in [-0.2, -0.15) is 4.98 Å². The van der Waals surface area contributed by atoms with Crippen LogP contribution in [0.25, 0.3) is 22.2 Å². The number of aromatic nitrogens is 2. The highest BCUT2D eigenvalue weighted by Crippen LogP contribution is 2.26. The summed E-state index contributed by atoms with van der Waals surface area (Å²) in [6.45, 7) is 5.06. The maximum atomic E-state index is 12.2. The number of nitrogens with zero attached hydrogens (tertiary/aromatic N) is 3. The number of hydrogen-bond acceptors (Lipinski definition) is 4. The molecule has 0 unspecified atom stereocenters. The van der Waals surface area contributed by atoms with E-state index in [-0.39, 0.29) is 11.8 Å². The highest BCUT2D eigenvalue weighted by atomic mass is 16.5. The van der Waals surface area contributed by atoms with Gasteiger partial charge in [0.1, 0.15) is 0 Å². The first-order valence-electron chi connectivity index (χ1n) is 7.35. The fraction of sp³-hybridized carbons (Fsp3) is 0.235. The Kier molecular flexibility index (Phi) is 3.87. The van der Waals surface area contributed by atoms with Crippen molar-refractivity contribution in [3.63, 3.8) is 0 Å². The van der Waals surface area contributed by atoms with Gasteiger partial charge in [-0.1, -0.05) is 47.6 Å². The third-order valence-electron chi connectivity index (χ3n) is 3.69. The first-order valence-corrected chi connectivity index (χ1v) is 7.35. The normalized spacial score (nSPS) is 10.8. The number of carbonyl (C=O) groups excluding carboxylic acids is 1. The zero-order chi connectivity index (χ0) is 15.5. The largest absolute Gasteiger partial charge is 0.335 e. The third-order valence-corrected chi connectivity index (χ3v) is 3.69. The average Bonchev–Trinajstić information content (AvgIpc) is 3.05. The molecule has 3 rings (SSSR count). The fourth-order valence-corrected chi connectivity index (χ4v) is 2.49. The van der Waals surface area contributed by atoms with E-state index < -0.39 is 0 Å². The minimum absolute atomic E-state index is 0.0339. The Hall–Kier alpha value is -2.69. The van der Waals surface area contributed by atoms with E-state index in [0.717, 1.165) is 16.3 Å². The summed E-state index contributed by atoms with van der Waals surface area (Å²) in [5, 5.41) is 6.11. The van der Waals surface area contributed by atoms with Crippen LogP contribution in [0.2, 0.25) is 0 Å². The van der Waals surface area contributed by atoms with E-state index in [9.17, 15) is 4.79 Å². The molecule has 22 heavy (non-hydrogen) atoms. The maximum absolute atomic E-state index is 12.2. The third kappa shape index (κ3) is 2.45. The number of hydrogen-bond donors (Lipinski definition) is 0. The molecule has 0 bridgehead atoms. The van der Waals surface area contributed by atoms with Crippen LogP contribution in [-0.2, 0) is 0 Å². The fourth-order valence-electron chi connectivity index (χ4n) is 2.49. The van der Waals surface area contributed by atoms with Crippen molar-refractivity contribution >= 4 is 16.7 Å². The Bertz CT molecular complexity index is 801. The average molecular weight is 295 g/mol. The zero-order valence-corrected chi connectivity index (χ0v) is 12.6. The van der Waals surface area contributed by atoms with E-state index in [1.54, 1.807) is 4.90 Å². The molecular weight excluding hydrogens is 278 g/mol. The summed E-state index contributed by atoms with van der Waals surface area (Å²) in [4.78, 5) is 18.2. The van der Waals surface area contributed by atoms with E-state index >= 15 is 0 Å². The van der Waals surface area contributed by atoms with Crippen LogP contribution in [-0.4, -0.2) is 34.0 Å². The predicted molar refractivity (Wildman–Crippen MR) is 84.5 cm³/mol. The van der Waals surface area contributed by atoms with E-state index in [1.165, 1.54) is 0 Å². The van der Waals surface area contributed by atoms with Gasteiger partial charge in [-0.15, -0.1) is 0 Å². The van der Waals surface area contributed by atoms with Crippen LogP contribution in [0.5, 0.6) is 0 Å². The number of benzene rings is 2. The molecule has 0 saturated carbocycles. The molecule has 1 amide bonds. The highest BCUT2D eigenvalue weighted by molar-refractivity contribution is 5.96. The summed E-state index contributed by atoms with van der Waals surface area (Å²) >= 11 is 0. The van der Waals surface area contributed by atoms with Crippen molar-refractivity contribution in [2.45, 2.75) is 13.8 Å². The first-order chi connectivity index (χ1) is 10.7. The molecule has 0 aliphatic rings. The van der Waals surface area contributed by atoms with Gasteiger partial charge in [0.05, 0.1) is 0 Å². The monoisotopic (exact) mass is 295 g/mol. The van der Waals surface area contributed by atoms with E-state index in [2.05, 4.69) is 10.1 Å². The molecule has 0 fully saturated rings. The Morgan fingerprint density at radius 3 is 2.59 bits per heavy atom. The lowest BCUT2D eigenvalue weighted by molar-refractivity contribution is 0.0723. The maximum Gasteiger partial charge on any atom is 0.316 e. The summed E-state index contributed by atoms with van der Waals surface area (Å²) in [7, 11) is 0. The molecule has 0 radical (unpaired) electrons. The van der Waals surface area contributed by atoms with Crippen molar-refractivity contribution in [2.75, 3.05) is 13.1 Å². The highest BCUT2D eigenvalue weighted by Gasteiger charge is 2.21. The minimum atomic E-state index is -0.232. The van der Waals surface area contributed by atoms with Gasteiger partial charge in [0, 0.05) is 18.7 Å². The first kappa shape index (κ1) is 14.3. The SMILES string of the molecule is CCN(CC)C(=O)c1nc(-c2cccc3ccccc23)no1. The second-order valence-corrected chi connectivity index (χ2v) is 4.93. The summed E-state index contributed by atoms with van der Waals surface area (Å²) in [5.74, 6) is 0.239. The summed E-state index contributed by atoms with van der Waals surface area (Å²) in [6.07, 6.45) is 0. The van der Waals surface area contributed by atoms with Gasteiger partial charge in [0.15, 0.2) is 0 Å². The molecule has 5 heteroatoms. The zero-order valence-electron chi connectivity index (χ0n) is 12.6. The molecule has 0 spiro atoms. The molecule has 5 nitrogen and oxygen atoms in total. The van der Waals surface area contributed by atoms with Gasteiger partial charge in [-0.3, -0.25) is 4.79 Å². The molecule has 0 aliphatic heterocycles. The molecule has 1 heterocycles. The molecule has 0 aliphatic carbocycles. The summed E-state index contributed by atoms with van der Waals surface area (Å²) < 4.78 is 5.16. The lowest BCUT2D eigenvalue weighted by Crippen LogP contribution is -2.30. The number of fused-ring (bicyclic) bond motifs is 1. The predicted octanol–water partition coefficient (Wildman–Crippen LogP) is 3.37. The van der Waals surface area contributed by atoms with Crippen molar-refractivity contribution in [1.82, 2.24) is 15.0 Å². The Balaban J connectivity index is 2.01. The second-order valence-electron chi connectivity index (χ2n) is 4.93. The van der Waals surface area contributed by atoms with E-state index in [0.29, 0.717) is 18.9 Å². The Labute approximate surface area is 128 Å². The van der Waals surface area contributed by atoms with Gasteiger partial charge in [-0.05, 0) is 24.6 Å². The van der Waals surface area contributed by atoms with Crippen molar-refractivity contribution < 1.29 is 9.32 Å². The van der Waals surface area contributed by atoms with Crippen LogP contribution < -0.4 is 0 Å². The molecule has 3 aromatic rings. The van der Waals surface area contributed by atoms with Gasteiger partial charge < -0.3 is 9.42 Å². The lowest BCUT2D eigenvalue weighted by Gasteiger charge is -2.15. The van der Waals surface area contributed by atoms with Crippen LogP contribution in [0.4, 0.5) is 0 Å². The molecule has 0 atom stereocenters. The molecule has 1 aromatic heterocycles. The standard InChI is InChI=1S/C17H17N3O2/c1-3-20(4-2)17(21)16-18-15(19-22-16)14-11-7-9-12-8-5-6-10-13(12)14/h5-11H,3-4H2,1-2H3. The van der Waals surface area contributed by atoms with Crippen LogP contribution in [0, 0.1) is 0 Å². The summed E-state index contributed by atoms with van der Waals surface area (Å²) in [6, 6.07) is 13.9. The molecular formula is C17H17N3O2.